The molecular weight excluding hydrogens is 352 g/mol. The van der Waals surface area contributed by atoms with Crippen LogP contribution < -0.4 is 5.32 Å². The van der Waals surface area contributed by atoms with Crippen LogP contribution >= 0.6 is 0 Å². The molecule has 1 aromatic carbocycles. The third-order valence-electron chi connectivity index (χ3n) is 5.72. The summed E-state index contributed by atoms with van der Waals surface area (Å²) in [6, 6.07) is 12.7. The molecule has 2 aliphatic rings. The van der Waals surface area contributed by atoms with Gasteiger partial charge in [0.15, 0.2) is 0 Å². The Balaban J connectivity index is 1.28. The molecule has 1 aromatic heterocycles. The van der Waals surface area contributed by atoms with E-state index in [0.29, 0.717) is 25.7 Å². The van der Waals surface area contributed by atoms with Gasteiger partial charge in [0.05, 0.1) is 24.5 Å². The number of benzene rings is 1. The van der Waals surface area contributed by atoms with Gasteiger partial charge in [0, 0.05) is 31.8 Å². The minimum Gasteiger partial charge on any atom is -0.353 e. The molecule has 1 fully saturated rings. The minimum absolute atomic E-state index is 0.00690. The van der Waals surface area contributed by atoms with Crippen LogP contribution in [0, 0.1) is 0 Å². The predicted octanol–water partition coefficient (Wildman–Crippen LogP) is 2.66. The van der Waals surface area contributed by atoms with Crippen molar-refractivity contribution in [3.63, 3.8) is 0 Å². The van der Waals surface area contributed by atoms with Crippen LogP contribution in [0.15, 0.2) is 36.4 Å². The van der Waals surface area contributed by atoms with Crippen LogP contribution in [0.5, 0.6) is 0 Å². The first kappa shape index (κ1) is 18.7. The van der Waals surface area contributed by atoms with E-state index in [2.05, 4.69) is 28.6 Å². The largest absolute Gasteiger partial charge is 0.353 e. The molecule has 148 valence electrons. The number of aromatic nitrogens is 2. The van der Waals surface area contributed by atoms with E-state index in [1.54, 1.807) is 0 Å². The lowest BCUT2D eigenvalue weighted by Gasteiger charge is -2.27. The van der Waals surface area contributed by atoms with Crippen LogP contribution in [0.4, 0.5) is 0 Å². The highest BCUT2D eigenvalue weighted by molar-refractivity contribution is 5.84. The molecule has 28 heavy (non-hydrogen) atoms. The second-order valence-electron chi connectivity index (χ2n) is 7.88. The van der Waals surface area contributed by atoms with Gasteiger partial charge in [0.1, 0.15) is 0 Å². The molecule has 0 bridgehead atoms. The smallest absolute Gasteiger partial charge is 0.223 e. The van der Waals surface area contributed by atoms with E-state index in [1.807, 2.05) is 27.8 Å². The van der Waals surface area contributed by atoms with Crippen molar-refractivity contribution in [3.8, 4) is 0 Å². The third-order valence-corrected chi connectivity index (χ3v) is 5.72. The molecule has 2 aromatic rings. The van der Waals surface area contributed by atoms with Gasteiger partial charge < -0.3 is 10.2 Å². The van der Waals surface area contributed by atoms with E-state index in [4.69, 9.17) is 0 Å². The van der Waals surface area contributed by atoms with Crippen molar-refractivity contribution in [1.82, 2.24) is 20.0 Å². The molecule has 0 saturated heterocycles. The summed E-state index contributed by atoms with van der Waals surface area (Å²) in [5, 5.41) is 7.74. The van der Waals surface area contributed by atoms with Gasteiger partial charge in [-0.2, -0.15) is 5.10 Å². The van der Waals surface area contributed by atoms with Gasteiger partial charge in [-0.15, -0.1) is 0 Å². The summed E-state index contributed by atoms with van der Waals surface area (Å²) >= 11 is 0. The van der Waals surface area contributed by atoms with Gasteiger partial charge in [-0.1, -0.05) is 43.2 Å². The second kappa shape index (κ2) is 8.59. The molecule has 0 radical (unpaired) electrons. The van der Waals surface area contributed by atoms with E-state index in [-0.39, 0.29) is 24.7 Å². The number of carbonyl (C=O) groups excluding carboxylic acids is 2. The predicted molar refractivity (Wildman–Crippen MR) is 107 cm³/mol. The number of nitrogens with zero attached hydrogens (tertiary/aromatic N) is 3. The molecule has 0 atom stereocenters. The summed E-state index contributed by atoms with van der Waals surface area (Å²) < 4.78 is 2.01. The summed E-state index contributed by atoms with van der Waals surface area (Å²) in [5.41, 5.74) is 3.34. The average molecular weight is 380 g/mol. The maximum Gasteiger partial charge on any atom is 0.223 e. The van der Waals surface area contributed by atoms with Gasteiger partial charge in [-0.3, -0.25) is 14.3 Å². The minimum atomic E-state index is 0.00690. The van der Waals surface area contributed by atoms with Crippen LogP contribution in [-0.4, -0.2) is 39.1 Å². The van der Waals surface area contributed by atoms with E-state index < -0.39 is 0 Å². The molecular formula is C22H28N4O2. The molecule has 6 heteroatoms. The highest BCUT2D eigenvalue weighted by Crippen LogP contribution is 2.19. The van der Waals surface area contributed by atoms with E-state index >= 15 is 0 Å². The lowest BCUT2D eigenvalue weighted by atomic mass is 10.1. The standard InChI is InChI=1S/C22H28N4O2/c27-21(23-18-8-4-5-9-18)10-11-22(28)25-12-13-26-20(16-25)15-19(24-26)14-17-6-2-1-3-7-17/h1-3,6-7,15,18H,4-5,8-14,16H2,(H,23,27). The van der Waals surface area contributed by atoms with Gasteiger partial charge in [-0.25, -0.2) is 0 Å². The first-order valence-corrected chi connectivity index (χ1v) is 10.3. The normalized spacial score (nSPS) is 16.8. The number of nitrogens with one attached hydrogen (secondary N) is 1. The molecule has 0 unspecified atom stereocenters. The van der Waals surface area contributed by atoms with Crippen molar-refractivity contribution in [3.05, 3.63) is 53.3 Å². The number of hydrogen-bond acceptors (Lipinski definition) is 3. The number of rotatable bonds is 6. The van der Waals surface area contributed by atoms with Crippen molar-refractivity contribution >= 4 is 11.8 Å². The van der Waals surface area contributed by atoms with Crippen molar-refractivity contribution in [2.75, 3.05) is 6.54 Å². The second-order valence-corrected chi connectivity index (χ2v) is 7.88. The molecule has 1 aliphatic heterocycles. The Morgan fingerprint density at radius 2 is 1.86 bits per heavy atom. The van der Waals surface area contributed by atoms with E-state index in [9.17, 15) is 9.59 Å². The van der Waals surface area contributed by atoms with Crippen LogP contribution in [0.3, 0.4) is 0 Å². The Bertz CT molecular complexity index is 824. The Hall–Kier alpha value is -2.63. The number of amides is 2. The quantitative estimate of drug-likeness (QED) is 0.838. The molecule has 0 spiro atoms. The maximum atomic E-state index is 12.6. The van der Waals surface area contributed by atoms with Gasteiger partial charge in [0.2, 0.25) is 11.8 Å². The molecule has 2 amide bonds. The van der Waals surface area contributed by atoms with Crippen LogP contribution in [0.1, 0.15) is 55.5 Å². The monoisotopic (exact) mass is 380 g/mol. The van der Waals surface area contributed by atoms with Gasteiger partial charge in [-0.05, 0) is 24.5 Å². The molecule has 4 rings (SSSR count). The van der Waals surface area contributed by atoms with Crippen LogP contribution in [-0.2, 0) is 29.1 Å². The number of carbonyl (C=O) groups is 2. The fraction of sp³-hybridized carbons (Fsp3) is 0.500. The van der Waals surface area contributed by atoms with Crippen LogP contribution in [0.2, 0.25) is 0 Å². The lowest BCUT2D eigenvalue weighted by molar-refractivity contribution is -0.135. The van der Waals surface area contributed by atoms with E-state index in [1.165, 1.54) is 18.4 Å². The Morgan fingerprint density at radius 3 is 2.64 bits per heavy atom. The molecule has 1 aliphatic carbocycles. The fourth-order valence-electron chi connectivity index (χ4n) is 4.18. The fourth-order valence-corrected chi connectivity index (χ4v) is 4.18. The Kier molecular flexibility index (Phi) is 5.74. The Labute approximate surface area is 165 Å². The summed E-state index contributed by atoms with van der Waals surface area (Å²) in [4.78, 5) is 26.5. The summed E-state index contributed by atoms with van der Waals surface area (Å²) in [7, 11) is 0. The van der Waals surface area contributed by atoms with Crippen molar-refractivity contribution in [2.24, 2.45) is 0 Å². The van der Waals surface area contributed by atoms with Crippen molar-refractivity contribution in [1.29, 1.82) is 0 Å². The third kappa shape index (κ3) is 4.61. The number of fused-ring (bicyclic) bond motifs is 1. The van der Waals surface area contributed by atoms with Gasteiger partial charge in [0.25, 0.3) is 0 Å². The Morgan fingerprint density at radius 1 is 1.07 bits per heavy atom. The van der Waals surface area contributed by atoms with Crippen LogP contribution in [0.25, 0.3) is 0 Å². The SMILES string of the molecule is O=C(CCC(=O)N1CCn2nc(Cc3ccccc3)cc2C1)NC1CCCC1. The average Bonchev–Trinajstić information content (AvgIpc) is 3.35. The highest BCUT2D eigenvalue weighted by atomic mass is 16.2. The molecule has 1 saturated carbocycles. The molecule has 2 heterocycles. The van der Waals surface area contributed by atoms with E-state index in [0.717, 1.165) is 30.7 Å². The zero-order valence-electron chi connectivity index (χ0n) is 16.3. The summed E-state index contributed by atoms with van der Waals surface area (Å²) in [5.74, 6) is 0.0612. The summed E-state index contributed by atoms with van der Waals surface area (Å²) in [6.07, 6.45) is 5.89. The summed E-state index contributed by atoms with van der Waals surface area (Å²) in [6.45, 7) is 1.94. The zero-order chi connectivity index (χ0) is 19.3. The molecule has 6 nitrogen and oxygen atoms in total. The lowest BCUT2D eigenvalue weighted by Crippen LogP contribution is -2.39. The van der Waals surface area contributed by atoms with Crippen molar-refractivity contribution in [2.45, 2.75) is 64.1 Å². The first-order chi connectivity index (χ1) is 13.7. The first-order valence-electron chi connectivity index (χ1n) is 10.3. The maximum absolute atomic E-state index is 12.6. The highest BCUT2D eigenvalue weighted by Gasteiger charge is 2.23. The molecule has 1 N–H and O–H groups in total. The van der Waals surface area contributed by atoms with Crippen molar-refractivity contribution < 1.29 is 9.59 Å². The number of hydrogen-bond donors (Lipinski definition) is 1. The zero-order valence-corrected chi connectivity index (χ0v) is 16.3. The topological polar surface area (TPSA) is 67.2 Å². The van der Waals surface area contributed by atoms with Gasteiger partial charge >= 0.3 is 0 Å².